The Morgan fingerprint density at radius 3 is 2.39 bits per heavy atom. The fourth-order valence-corrected chi connectivity index (χ4v) is 3.82. The van der Waals surface area contributed by atoms with E-state index in [9.17, 15) is 18.4 Å². The first-order chi connectivity index (χ1) is 13.1. The summed E-state index contributed by atoms with van der Waals surface area (Å²) in [5.41, 5.74) is 0.260. The number of hydrogen-bond donors (Lipinski definition) is 0. The fraction of sp³-hybridized carbons (Fsp3) is 0.318. The molecular formula is C22H19ClF3NO. The van der Waals surface area contributed by atoms with Crippen molar-refractivity contribution in [3.63, 3.8) is 0 Å². The maximum Gasteiger partial charge on any atom is 0.426 e. The second-order valence-electron chi connectivity index (χ2n) is 7.48. The van der Waals surface area contributed by atoms with E-state index >= 15 is 0 Å². The number of halogens is 4. The molecule has 28 heavy (non-hydrogen) atoms. The van der Waals surface area contributed by atoms with E-state index < -0.39 is 28.5 Å². The molecule has 0 aliphatic heterocycles. The zero-order valence-electron chi connectivity index (χ0n) is 15.4. The maximum atomic E-state index is 12.8. The Balaban J connectivity index is 1.84. The van der Waals surface area contributed by atoms with Crippen molar-refractivity contribution in [1.82, 2.24) is 0 Å². The Kier molecular flexibility index (Phi) is 5.45. The van der Waals surface area contributed by atoms with Crippen LogP contribution in [0.5, 0.6) is 11.5 Å². The Hall–Kier alpha value is -2.45. The highest BCUT2D eigenvalue weighted by atomic mass is 35.5. The van der Waals surface area contributed by atoms with E-state index in [-0.39, 0.29) is 5.92 Å². The van der Waals surface area contributed by atoms with Crippen molar-refractivity contribution in [2.24, 2.45) is 17.3 Å². The first-order valence-corrected chi connectivity index (χ1v) is 9.19. The molecular weight excluding hydrogens is 387 g/mol. The number of para-hydroxylation sites is 1. The average molecular weight is 406 g/mol. The smallest absolute Gasteiger partial charge is 0.426 e. The fourth-order valence-electron chi connectivity index (χ4n) is 3.68. The molecule has 0 aromatic heterocycles. The molecule has 146 valence electrons. The number of benzene rings is 2. The molecule has 6 heteroatoms. The molecule has 3 rings (SSSR count). The van der Waals surface area contributed by atoms with E-state index in [0.29, 0.717) is 17.1 Å². The van der Waals surface area contributed by atoms with E-state index in [1.807, 2.05) is 44.2 Å². The summed E-state index contributed by atoms with van der Waals surface area (Å²) in [6.07, 6.45) is -3.53. The third kappa shape index (κ3) is 4.18. The van der Waals surface area contributed by atoms with Gasteiger partial charge < -0.3 is 4.74 Å². The van der Waals surface area contributed by atoms with Crippen LogP contribution in [0.15, 0.2) is 65.7 Å². The van der Waals surface area contributed by atoms with Crippen LogP contribution in [0.2, 0.25) is 0 Å². The largest absolute Gasteiger partial charge is 0.457 e. The molecule has 0 amide bonds. The van der Waals surface area contributed by atoms with Gasteiger partial charge in [0.05, 0.1) is 12.0 Å². The predicted octanol–water partition coefficient (Wildman–Crippen LogP) is 7.04. The number of ether oxygens (including phenoxy) is 1. The standard InChI is InChI=1S/C22H19ClF3NO/c1-21(2)18(12-19(23)22(24,25)26)20(21)17(13-27)14-7-6-10-16(11-14)28-15-8-4-3-5-9-15/h3-12,17-18,20H,1-2H3/b19-12-/t17-,18-,20+/m1/s1. The van der Waals surface area contributed by atoms with Crippen molar-refractivity contribution in [3.05, 3.63) is 71.3 Å². The van der Waals surface area contributed by atoms with Crippen LogP contribution in [0.3, 0.4) is 0 Å². The number of nitriles is 1. The van der Waals surface area contributed by atoms with Crippen LogP contribution < -0.4 is 4.74 Å². The summed E-state index contributed by atoms with van der Waals surface area (Å²) in [6.45, 7) is 3.71. The molecule has 2 nitrogen and oxygen atoms in total. The molecule has 1 aliphatic carbocycles. The van der Waals surface area contributed by atoms with Gasteiger partial charge in [-0.2, -0.15) is 18.4 Å². The monoisotopic (exact) mass is 405 g/mol. The Bertz CT molecular complexity index is 915. The second-order valence-corrected chi connectivity index (χ2v) is 7.89. The summed E-state index contributed by atoms with van der Waals surface area (Å²) in [4.78, 5) is 0. The van der Waals surface area contributed by atoms with E-state index in [1.54, 1.807) is 24.3 Å². The van der Waals surface area contributed by atoms with Crippen LogP contribution >= 0.6 is 11.6 Å². The topological polar surface area (TPSA) is 33.0 Å². The van der Waals surface area contributed by atoms with Gasteiger partial charge in [0.1, 0.15) is 16.5 Å². The van der Waals surface area contributed by atoms with Crippen molar-refractivity contribution in [2.45, 2.75) is 25.9 Å². The Morgan fingerprint density at radius 2 is 1.79 bits per heavy atom. The minimum absolute atomic E-state index is 0.263. The van der Waals surface area contributed by atoms with Crippen molar-refractivity contribution in [2.75, 3.05) is 0 Å². The van der Waals surface area contributed by atoms with Crippen LogP contribution in [0.1, 0.15) is 25.3 Å². The highest BCUT2D eigenvalue weighted by Crippen LogP contribution is 2.65. The third-order valence-electron chi connectivity index (χ3n) is 5.29. The van der Waals surface area contributed by atoms with Crippen molar-refractivity contribution in [1.29, 1.82) is 5.26 Å². The van der Waals surface area contributed by atoms with Crippen LogP contribution in [-0.4, -0.2) is 6.18 Å². The van der Waals surface area contributed by atoms with Gasteiger partial charge in [-0.3, -0.25) is 0 Å². The first kappa shape index (κ1) is 20.3. The lowest BCUT2D eigenvalue weighted by atomic mass is 9.91. The summed E-state index contributed by atoms with van der Waals surface area (Å²) >= 11 is 5.43. The number of nitrogens with zero attached hydrogens (tertiary/aromatic N) is 1. The van der Waals surface area contributed by atoms with E-state index in [4.69, 9.17) is 16.3 Å². The summed E-state index contributed by atoms with van der Waals surface area (Å²) in [5, 5.41) is 8.61. The molecule has 1 fully saturated rings. The molecule has 0 bridgehead atoms. The number of hydrogen-bond acceptors (Lipinski definition) is 2. The first-order valence-electron chi connectivity index (χ1n) is 8.81. The summed E-state index contributed by atoms with van der Waals surface area (Å²) in [6, 6.07) is 18.6. The van der Waals surface area contributed by atoms with E-state index in [0.717, 1.165) is 6.08 Å². The summed E-state index contributed by atoms with van der Waals surface area (Å²) in [5.74, 6) is -0.0145. The van der Waals surface area contributed by atoms with Gasteiger partial charge in [0.2, 0.25) is 0 Å². The minimum Gasteiger partial charge on any atom is -0.457 e. The van der Waals surface area contributed by atoms with Crippen LogP contribution in [0.25, 0.3) is 0 Å². The third-order valence-corrected chi connectivity index (χ3v) is 5.63. The lowest BCUT2D eigenvalue weighted by Gasteiger charge is -2.13. The Labute approximate surface area is 167 Å². The summed E-state index contributed by atoms with van der Waals surface area (Å²) < 4.78 is 44.2. The maximum absolute atomic E-state index is 12.8. The van der Waals surface area contributed by atoms with Crippen molar-refractivity contribution < 1.29 is 17.9 Å². The average Bonchev–Trinajstić information content (AvgIpc) is 3.16. The van der Waals surface area contributed by atoms with Crippen LogP contribution in [0.4, 0.5) is 13.2 Å². The SMILES string of the molecule is CC1(C)[C@@H]([C@H](C#N)c2cccc(Oc3ccccc3)c2)[C@H]1/C=C(\Cl)C(F)(F)F. The molecule has 0 saturated heterocycles. The molecule has 0 unspecified atom stereocenters. The minimum atomic E-state index is -4.57. The lowest BCUT2D eigenvalue weighted by molar-refractivity contribution is -0.0848. The highest BCUT2D eigenvalue weighted by molar-refractivity contribution is 6.30. The number of alkyl halides is 3. The normalized spacial score (nSPS) is 22.2. The number of allylic oxidation sites excluding steroid dienone is 2. The van der Waals surface area contributed by atoms with Gasteiger partial charge in [0.25, 0.3) is 0 Å². The van der Waals surface area contributed by atoms with Gasteiger partial charge in [-0.25, -0.2) is 0 Å². The molecule has 1 saturated carbocycles. The van der Waals surface area contributed by atoms with E-state index in [2.05, 4.69) is 6.07 Å². The zero-order valence-corrected chi connectivity index (χ0v) is 16.1. The highest BCUT2D eigenvalue weighted by Gasteiger charge is 2.60. The molecule has 0 N–H and O–H groups in total. The van der Waals surface area contributed by atoms with Gasteiger partial charge in [0, 0.05) is 0 Å². The molecule has 2 aromatic carbocycles. The van der Waals surface area contributed by atoms with Gasteiger partial charge in [-0.15, -0.1) is 0 Å². The molecule has 2 aromatic rings. The summed E-state index contributed by atoms with van der Waals surface area (Å²) in [7, 11) is 0. The van der Waals surface area contributed by atoms with Gasteiger partial charge in [0.15, 0.2) is 0 Å². The molecule has 1 aliphatic rings. The molecule has 0 radical (unpaired) electrons. The Morgan fingerprint density at radius 1 is 1.14 bits per heavy atom. The predicted molar refractivity (Wildman–Crippen MR) is 102 cm³/mol. The van der Waals surface area contributed by atoms with E-state index in [1.165, 1.54) is 0 Å². The number of rotatable bonds is 5. The molecule has 0 heterocycles. The van der Waals surface area contributed by atoms with Gasteiger partial charge in [-0.05, 0) is 47.1 Å². The molecule has 0 spiro atoms. The van der Waals surface area contributed by atoms with Gasteiger partial charge >= 0.3 is 6.18 Å². The lowest BCUT2D eigenvalue weighted by Crippen LogP contribution is -2.07. The van der Waals surface area contributed by atoms with Crippen molar-refractivity contribution >= 4 is 11.6 Å². The zero-order chi connectivity index (χ0) is 20.5. The van der Waals surface area contributed by atoms with Crippen LogP contribution in [-0.2, 0) is 0 Å². The second kappa shape index (κ2) is 7.52. The van der Waals surface area contributed by atoms with Gasteiger partial charge in [-0.1, -0.05) is 61.9 Å². The quantitative estimate of drug-likeness (QED) is 0.534. The van der Waals surface area contributed by atoms with Crippen LogP contribution in [0, 0.1) is 28.6 Å². The van der Waals surface area contributed by atoms with Crippen molar-refractivity contribution in [3.8, 4) is 17.6 Å². The molecule has 3 atom stereocenters.